The Morgan fingerprint density at radius 3 is 2.28 bits per heavy atom. The van der Waals surface area contributed by atoms with Crippen LogP contribution in [0.15, 0.2) is 18.2 Å². The zero-order valence-electron chi connectivity index (χ0n) is 11.1. The van der Waals surface area contributed by atoms with E-state index in [2.05, 4.69) is 29.8 Å². The van der Waals surface area contributed by atoms with Crippen LogP contribution in [0.5, 0.6) is 0 Å². The summed E-state index contributed by atoms with van der Waals surface area (Å²) in [6, 6.07) is 4.06. The Bertz CT molecular complexity index is 345. The molecule has 1 aromatic rings. The molecule has 0 radical (unpaired) electrons. The van der Waals surface area contributed by atoms with Gasteiger partial charge in [-0.05, 0) is 30.9 Å². The molecule has 18 heavy (non-hydrogen) atoms. The van der Waals surface area contributed by atoms with E-state index in [4.69, 9.17) is 0 Å². The number of hydrogen-bond donors (Lipinski definition) is 0. The normalized spacial score (nSPS) is 14.5. The van der Waals surface area contributed by atoms with Crippen molar-refractivity contribution in [2.75, 3.05) is 0 Å². The van der Waals surface area contributed by atoms with Gasteiger partial charge in [-0.1, -0.05) is 55.1 Å². The third-order valence-corrected chi connectivity index (χ3v) is 4.50. The lowest BCUT2D eigenvalue weighted by Crippen LogP contribution is -2.18. The first kappa shape index (κ1) is 15.6. The van der Waals surface area contributed by atoms with E-state index in [9.17, 15) is 8.78 Å². The highest BCUT2D eigenvalue weighted by Gasteiger charge is 2.20. The second-order valence-electron chi connectivity index (χ2n) is 4.73. The average Bonchev–Trinajstić information content (AvgIpc) is 2.35. The Kier molecular flexibility index (Phi) is 6.83. The fourth-order valence-electron chi connectivity index (χ4n) is 2.20. The Labute approximate surface area is 117 Å². The zero-order valence-corrected chi connectivity index (χ0v) is 12.6. The molecule has 0 fully saturated rings. The Morgan fingerprint density at radius 2 is 1.78 bits per heavy atom. The summed E-state index contributed by atoms with van der Waals surface area (Å²) in [6.45, 7) is 4.29. The lowest BCUT2D eigenvalue weighted by molar-refractivity contribution is 0.429. The molecule has 0 amide bonds. The van der Waals surface area contributed by atoms with Crippen LogP contribution in [0.1, 0.15) is 45.1 Å². The molecular formula is C15H21BrF2. The molecule has 0 bridgehead atoms. The molecule has 0 saturated heterocycles. The average molecular weight is 319 g/mol. The van der Waals surface area contributed by atoms with Gasteiger partial charge in [0.05, 0.1) is 0 Å². The highest BCUT2D eigenvalue weighted by atomic mass is 79.9. The molecule has 0 aliphatic carbocycles. The highest BCUT2D eigenvalue weighted by Crippen LogP contribution is 2.27. The van der Waals surface area contributed by atoms with Crippen LogP contribution in [0.4, 0.5) is 8.78 Å². The summed E-state index contributed by atoms with van der Waals surface area (Å²) >= 11 is 3.61. The van der Waals surface area contributed by atoms with E-state index in [0.717, 1.165) is 19.3 Å². The molecule has 1 rings (SSSR count). The van der Waals surface area contributed by atoms with Crippen LogP contribution in [0.25, 0.3) is 0 Å². The SMILES string of the molecule is CCCCC(CC)C(Br)Cc1c(F)cccc1F. The number of rotatable bonds is 7. The minimum atomic E-state index is -0.440. The van der Waals surface area contributed by atoms with E-state index in [0.29, 0.717) is 12.3 Å². The minimum Gasteiger partial charge on any atom is -0.207 e. The largest absolute Gasteiger partial charge is 0.207 e. The number of unbranched alkanes of at least 4 members (excludes halogenated alkanes) is 1. The molecule has 1 aromatic carbocycles. The van der Waals surface area contributed by atoms with E-state index < -0.39 is 11.6 Å². The van der Waals surface area contributed by atoms with Gasteiger partial charge >= 0.3 is 0 Å². The van der Waals surface area contributed by atoms with Gasteiger partial charge in [0.2, 0.25) is 0 Å². The Hall–Kier alpha value is -0.440. The van der Waals surface area contributed by atoms with Crippen molar-refractivity contribution in [3.05, 3.63) is 35.4 Å². The highest BCUT2D eigenvalue weighted by molar-refractivity contribution is 9.09. The molecule has 0 aromatic heterocycles. The molecular weight excluding hydrogens is 298 g/mol. The molecule has 2 atom stereocenters. The van der Waals surface area contributed by atoms with E-state index in [1.54, 1.807) is 0 Å². The fraction of sp³-hybridized carbons (Fsp3) is 0.600. The van der Waals surface area contributed by atoms with Crippen LogP contribution >= 0.6 is 15.9 Å². The standard InChI is InChI=1S/C15H21BrF2/c1-3-5-7-11(4-2)13(16)10-12-14(17)8-6-9-15(12)18/h6,8-9,11,13H,3-5,7,10H2,1-2H3. The molecule has 2 unspecified atom stereocenters. The maximum atomic E-state index is 13.6. The summed E-state index contributed by atoms with van der Waals surface area (Å²) in [6.07, 6.45) is 4.89. The molecule has 0 heterocycles. The van der Waals surface area contributed by atoms with Crippen LogP contribution < -0.4 is 0 Å². The van der Waals surface area contributed by atoms with Crippen molar-refractivity contribution in [1.29, 1.82) is 0 Å². The summed E-state index contributed by atoms with van der Waals surface area (Å²) in [4.78, 5) is 0.139. The molecule has 0 saturated carbocycles. The van der Waals surface area contributed by atoms with Gasteiger partial charge in [0.25, 0.3) is 0 Å². The number of halogens is 3. The van der Waals surface area contributed by atoms with Crippen molar-refractivity contribution in [2.45, 2.75) is 50.8 Å². The van der Waals surface area contributed by atoms with Gasteiger partial charge in [-0.3, -0.25) is 0 Å². The van der Waals surface area contributed by atoms with Gasteiger partial charge in [-0.2, -0.15) is 0 Å². The van der Waals surface area contributed by atoms with Gasteiger partial charge in [-0.15, -0.1) is 0 Å². The van der Waals surface area contributed by atoms with Crippen molar-refractivity contribution >= 4 is 15.9 Å². The van der Waals surface area contributed by atoms with Crippen LogP contribution in [0, 0.1) is 17.6 Å². The molecule has 0 spiro atoms. The Morgan fingerprint density at radius 1 is 1.17 bits per heavy atom. The number of hydrogen-bond acceptors (Lipinski definition) is 0. The van der Waals surface area contributed by atoms with E-state index in [-0.39, 0.29) is 10.4 Å². The smallest absolute Gasteiger partial charge is 0.129 e. The summed E-state index contributed by atoms with van der Waals surface area (Å²) in [7, 11) is 0. The number of alkyl halides is 1. The predicted octanol–water partition coefficient (Wildman–Crippen LogP) is 5.49. The lowest BCUT2D eigenvalue weighted by Gasteiger charge is -2.21. The molecule has 0 nitrogen and oxygen atoms in total. The maximum absolute atomic E-state index is 13.6. The zero-order chi connectivity index (χ0) is 13.5. The monoisotopic (exact) mass is 318 g/mol. The van der Waals surface area contributed by atoms with Crippen LogP contribution in [0.3, 0.4) is 0 Å². The summed E-state index contributed by atoms with van der Waals surface area (Å²) in [5, 5.41) is 0. The van der Waals surface area contributed by atoms with Crippen LogP contribution in [-0.4, -0.2) is 4.83 Å². The van der Waals surface area contributed by atoms with Crippen molar-refractivity contribution in [1.82, 2.24) is 0 Å². The first-order valence-electron chi connectivity index (χ1n) is 6.67. The molecule has 0 N–H and O–H groups in total. The molecule has 0 aliphatic rings. The topological polar surface area (TPSA) is 0 Å². The van der Waals surface area contributed by atoms with Gasteiger partial charge in [0.1, 0.15) is 11.6 Å². The first-order valence-corrected chi connectivity index (χ1v) is 7.58. The summed E-state index contributed by atoms with van der Waals surface area (Å²) < 4.78 is 27.1. The Balaban J connectivity index is 2.70. The number of benzene rings is 1. The van der Waals surface area contributed by atoms with Crippen molar-refractivity contribution < 1.29 is 8.78 Å². The van der Waals surface area contributed by atoms with Gasteiger partial charge in [0.15, 0.2) is 0 Å². The fourth-order valence-corrected chi connectivity index (χ4v) is 3.16. The van der Waals surface area contributed by atoms with E-state index in [1.807, 2.05) is 0 Å². The van der Waals surface area contributed by atoms with Crippen molar-refractivity contribution in [3.8, 4) is 0 Å². The second kappa shape index (κ2) is 7.88. The third kappa shape index (κ3) is 4.34. The van der Waals surface area contributed by atoms with Crippen LogP contribution in [0.2, 0.25) is 0 Å². The van der Waals surface area contributed by atoms with Gasteiger partial charge in [-0.25, -0.2) is 8.78 Å². The van der Waals surface area contributed by atoms with E-state index >= 15 is 0 Å². The first-order chi connectivity index (χ1) is 8.60. The van der Waals surface area contributed by atoms with Gasteiger partial charge < -0.3 is 0 Å². The molecule has 3 heteroatoms. The maximum Gasteiger partial charge on any atom is 0.129 e. The van der Waals surface area contributed by atoms with Crippen molar-refractivity contribution in [2.24, 2.45) is 5.92 Å². The third-order valence-electron chi connectivity index (χ3n) is 3.43. The summed E-state index contributed by atoms with van der Waals surface area (Å²) in [5.74, 6) is -0.404. The van der Waals surface area contributed by atoms with Gasteiger partial charge in [0, 0.05) is 10.4 Å². The molecule has 102 valence electrons. The predicted molar refractivity (Wildman–Crippen MR) is 76.1 cm³/mol. The second-order valence-corrected chi connectivity index (χ2v) is 5.91. The van der Waals surface area contributed by atoms with Crippen molar-refractivity contribution in [3.63, 3.8) is 0 Å². The van der Waals surface area contributed by atoms with E-state index in [1.165, 1.54) is 24.6 Å². The minimum absolute atomic E-state index is 0.139. The molecule has 0 aliphatic heterocycles. The lowest BCUT2D eigenvalue weighted by atomic mass is 9.92. The van der Waals surface area contributed by atoms with Crippen LogP contribution in [-0.2, 0) is 6.42 Å². The summed E-state index contributed by atoms with van der Waals surface area (Å²) in [5.41, 5.74) is 0.203. The quantitative estimate of drug-likeness (QED) is 0.583.